The van der Waals surface area contributed by atoms with Gasteiger partial charge < -0.3 is 15.2 Å². The lowest BCUT2D eigenvalue weighted by Gasteiger charge is -2.34. The smallest absolute Gasteiger partial charge is 0.274 e. The SMILES string of the molecule is CC(=O)NCC1CCC([C@H](NC(=O)c2cc(C3CC3)on2)c2ccccn2)CC1. The molecule has 2 aromatic heterocycles. The average molecular weight is 396 g/mol. The summed E-state index contributed by atoms with van der Waals surface area (Å²) in [6.07, 6.45) is 8.00. The van der Waals surface area contributed by atoms with Crippen molar-refractivity contribution in [1.29, 1.82) is 0 Å². The normalized spacial score (nSPS) is 22.7. The zero-order valence-corrected chi connectivity index (χ0v) is 16.8. The standard InChI is InChI=1S/C22H28N4O3/c1-14(27)24-13-15-5-7-17(8-6-15)21(18-4-2-3-11-23-18)25-22(28)19-12-20(29-26-19)16-9-10-16/h2-4,11-12,15-17,21H,5-10,13H2,1H3,(H,24,27)(H,25,28)/t15?,17?,21-/m0/s1. The van der Waals surface area contributed by atoms with E-state index in [1.54, 1.807) is 19.2 Å². The topological polar surface area (TPSA) is 97.1 Å². The van der Waals surface area contributed by atoms with Crippen LogP contribution in [0.1, 0.15) is 79.4 Å². The quantitative estimate of drug-likeness (QED) is 0.748. The van der Waals surface area contributed by atoms with Gasteiger partial charge in [-0.15, -0.1) is 0 Å². The van der Waals surface area contributed by atoms with Crippen molar-refractivity contribution in [2.24, 2.45) is 11.8 Å². The van der Waals surface area contributed by atoms with Crippen LogP contribution in [-0.2, 0) is 4.79 Å². The van der Waals surface area contributed by atoms with E-state index < -0.39 is 0 Å². The maximum Gasteiger partial charge on any atom is 0.274 e. The average Bonchev–Trinajstić information content (AvgIpc) is 3.48. The number of aromatic nitrogens is 2. The highest BCUT2D eigenvalue weighted by atomic mass is 16.5. The Balaban J connectivity index is 1.43. The monoisotopic (exact) mass is 396 g/mol. The molecule has 0 aromatic carbocycles. The van der Waals surface area contributed by atoms with Gasteiger partial charge >= 0.3 is 0 Å². The number of rotatable bonds is 7. The summed E-state index contributed by atoms with van der Waals surface area (Å²) >= 11 is 0. The summed E-state index contributed by atoms with van der Waals surface area (Å²) in [6, 6.07) is 7.41. The van der Waals surface area contributed by atoms with Gasteiger partial charge in [-0.05, 0) is 62.5 Å². The molecule has 1 atom stereocenters. The molecule has 0 bridgehead atoms. The predicted octanol–water partition coefficient (Wildman–Crippen LogP) is 3.36. The van der Waals surface area contributed by atoms with E-state index in [1.165, 1.54) is 0 Å². The van der Waals surface area contributed by atoms with E-state index >= 15 is 0 Å². The first-order valence-electron chi connectivity index (χ1n) is 10.5. The van der Waals surface area contributed by atoms with Gasteiger partial charge in [0.25, 0.3) is 5.91 Å². The minimum atomic E-state index is -0.211. The van der Waals surface area contributed by atoms with Crippen molar-refractivity contribution in [3.05, 3.63) is 47.6 Å². The molecule has 7 nitrogen and oxygen atoms in total. The molecule has 154 valence electrons. The van der Waals surface area contributed by atoms with E-state index in [0.717, 1.165) is 56.5 Å². The third-order valence-corrected chi connectivity index (χ3v) is 6.04. The Kier molecular flexibility index (Phi) is 5.92. The minimum absolute atomic E-state index is 0.0175. The summed E-state index contributed by atoms with van der Waals surface area (Å²) < 4.78 is 5.34. The maximum atomic E-state index is 12.9. The molecular formula is C22H28N4O3. The molecule has 2 heterocycles. The molecule has 0 spiro atoms. The summed E-state index contributed by atoms with van der Waals surface area (Å²) in [4.78, 5) is 28.5. The van der Waals surface area contributed by atoms with E-state index in [2.05, 4.69) is 20.8 Å². The van der Waals surface area contributed by atoms with Gasteiger partial charge in [0, 0.05) is 31.6 Å². The molecular weight excluding hydrogens is 368 g/mol. The zero-order valence-electron chi connectivity index (χ0n) is 16.8. The lowest BCUT2D eigenvalue weighted by molar-refractivity contribution is -0.119. The van der Waals surface area contributed by atoms with Crippen molar-refractivity contribution in [3.63, 3.8) is 0 Å². The van der Waals surface area contributed by atoms with E-state index in [4.69, 9.17) is 4.52 Å². The van der Waals surface area contributed by atoms with Crippen LogP contribution in [0.15, 0.2) is 35.0 Å². The number of carbonyl (C=O) groups is 2. The van der Waals surface area contributed by atoms with Crippen LogP contribution in [0, 0.1) is 11.8 Å². The third kappa shape index (κ3) is 5.02. The molecule has 2 aliphatic carbocycles. The van der Waals surface area contributed by atoms with E-state index in [9.17, 15) is 9.59 Å². The van der Waals surface area contributed by atoms with Crippen LogP contribution in [0.4, 0.5) is 0 Å². The molecule has 0 radical (unpaired) electrons. The highest BCUT2D eigenvalue weighted by molar-refractivity contribution is 5.92. The number of pyridine rings is 1. The number of amides is 2. The highest BCUT2D eigenvalue weighted by Gasteiger charge is 2.33. The zero-order chi connectivity index (χ0) is 20.2. The fourth-order valence-electron chi connectivity index (χ4n) is 4.18. The predicted molar refractivity (Wildman–Crippen MR) is 107 cm³/mol. The Hall–Kier alpha value is -2.70. The molecule has 29 heavy (non-hydrogen) atoms. The van der Waals surface area contributed by atoms with Gasteiger partial charge in [-0.2, -0.15) is 0 Å². The number of nitrogens with one attached hydrogen (secondary N) is 2. The van der Waals surface area contributed by atoms with Gasteiger partial charge in [-0.1, -0.05) is 11.2 Å². The summed E-state index contributed by atoms with van der Waals surface area (Å²) in [5.74, 6) is 1.84. The summed E-state index contributed by atoms with van der Waals surface area (Å²) in [5, 5.41) is 10.1. The largest absolute Gasteiger partial charge is 0.360 e. The molecule has 7 heteroatoms. The second-order valence-electron chi connectivity index (χ2n) is 8.31. The number of nitrogens with zero attached hydrogens (tertiary/aromatic N) is 2. The molecule has 2 fully saturated rings. The Bertz CT molecular complexity index is 839. The van der Waals surface area contributed by atoms with E-state index in [1.807, 2.05) is 18.2 Å². The molecule has 4 rings (SSSR count). The second-order valence-corrected chi connectivity index (χ2v) is 8.31. The van der Waals surface area contributed by atoms with Gasteiger partial charge in [-0.25, -0.2) is 0 Å². The Morgan fingerprint density at radius 2 is 1.97 bits per heavy atom. The fraction of sp³-hybridized carbons (Fsp3) is 0.545. The van der Waals surface area contributed by atoms with Gasteiger partial charge in [0.05, 0.1) is 11.7 Å². The van der Waals surface area contributed by atoms with Crippen molar-refractivity contribution in [2.45, 2.75) is 57.4 Å². The minimum Gasteiger partial charge on any atom is -0.360 e. The molecule has 0 unspecified atom stereocenters. The summed E-state index contributed by atoms with van der Waals surface area (Å²) in [6.45, 7) is 2.28. The van der Waals surface area contributed by atoms with Crippen LogP contribution in [-0.4, -0.2) is 28.5 Å². The van der Waals surface area contributed by atoms with Crippen molar-refractivity contribution < 1.29 is 14.1 Å². The van der Waals surface area contributed by atoms with Gasteiger partial charge in [0.15, 0.2) is 5.69 Å². The van der Waals surface area contributed by atoms with Crippen LogP contribution < -0.4 is 10.6 Å². The molecule has 2 N–H and O–H groups in total. The third-order valence-electron chi connectivity index (χ3n) is 6.04. The van der Waals surface area contributed by atoms with Crippen LogP contribution >= 0.6 is 0 Å². The first-order valence-corrected chi connectivity index (χ1v) is 10.5. The highest BCUT2D eigenvalue weighted by Crippen LogP contribution is 2.40. The molecule has 2 saturated carbocycles. The van der Waals surface area contributed by atoms with Crippen molar-refractivity contribution in [3.8, 4) is 0 Å². The Morgan fingerprint density at radius 1 is 1.17 bits per heavy atom. The molecule has 0 aliphatic heterocycles. The van der Waals surface area contributed by atoms with Gasteiger partial charge in [0.2, 0.25) is 5.91 Å². The molecule has 2 aliphatic rings. The lowest BCUT2D eigenvalue weighted by Crippen LogP contribution is -2.37. The van der Waals surface area contributed by atoms with Crippen molar-refractivity contribution >= 4 is 11.8 Å². The number of hydrogen-bond acceptors (Lipinski definition) is 5. The summed E-state index contributed by atoms with van der Waals surface area (Å²) in [7, 11) is 0. The number of carbonyl (C=O) groups excluding carboxylic acids is 2. The van der Waals surface area contributed by atoms with Crippen molar-refractivity contribution in [1.82, 2.24) is 20.8 Å². The molecule has 2 amide bonds. The van der Waals surface area contributed by atoms with Crippen LogP contribution in [0.5, 0.6) is 0 Å². The van der Waals surface area contributed by atoms with Gasteiger partial charge in [-0.3, -0.25) is 14.6 Å². The second kappa shape index (κ2) is 8.76. The Labute approximate surface area is 170 Å². The van der Waals surface area contributed by atoms with Crippen LogP contribution in [0.2, 0.25) is 0 Å². The molecule has 2 aromatic rings. The summed E-state index contributed by atoms with van der Waals surface area (Å²) in [5.41, 5.74) is 1.21. The fourth-order valence-corrected chi connectivity index (χ4v) is 4.18. The van der Waals surface area contributed by atoms with Crippen LogP contribution in [0.3, 0.4) is 0 Å². The first kappa shape index (κ1) is 19.6. The van der Waals surface area contributed by atoms with E-state index in [0.29, 0.717) is 23.4 Å². The van der Waals surface area contributed by atoms with E-state index in [-0.39, 0.29) is 17.9 Å². The molecule has 0 saturated heterocycles. The van der Waals surface area contributed by atoms with Crippen LogP contribution in [0.25, 0.3) is 0 Å². The number of hydrogen-bond donors (Lipinski definition) is 2. The maximum absolute atomic E-state index is 12.9. The van der Waals surface area contributed by atoms with Crippen molar-refractivity contribution in [2.75, 3.05) is 6.54 Å². The first-order chi connectivity index (χ1) is 14.1. The lowest BCUT2D eigenvalue weighted by atomic mass is 9.77. The van der Waals surface area contributed by atoms with Gasteiger partial charge in [0.1, 0.15) is 5.76 Å². The Morgan fingerprint density at radius 3 is 2.62 bits per heavy atom.